The zero-order valence-electron chi connectivity index (χ0n) is 8.02. The van der Waals surface area contributed by atoms with Crippen molar-refractivity contribution in [3.8, 4) is 0 Å². The molecule has 1 nitrogen and oxygen atoms in total. The molecule has 0 aromatic heterocycles. The van der Waals surface area contributed by atoms with Gasteiger partial charge in [0, 0.05) is 28.9 Å². The molecule has 0 atom stereocenters. The Morgan fingerprint density at radius 1 is 1.36 bits per heavy atom. The van der Waals surface area contributed by atoms with Gasteiger partial charge < -0.3 is 5.32 Å². The van der Waals surface area contributed by atoms with E-state index >= 15 is 0 Å². The third-order valence-corrected chi connectivity index (χ3v) is 3.01. The molecule has 0 fully saturated rings. The van der Waals surface area contributed by atoms with Gasteiger partial charge in [0.05, 0.1) is 0 Å². The first kappa shape index (κ1) is 12.2. The summed E-state index contributed by atoms with van der Waals surface area (Å²) in [5.74, 6) is 1.12. The second-order valence-electron chi connectivity index (χ2n) is 2.91. The molecule has 1 aromatic rings. The molecule has 0 saturated heterocycles. The topological polar surface area (TPSA) is 12.0 Å². The fourth-order valence-electron chi connectivity index (χ4n) is 1.06. The Bertz CT molecular complexity index is 291. The average Bonchev–Trinajstić information content (AvgIpc) is 2.15. The fraction of sp³-hybridized carbons (Fsp3) is 0.400. The number of nitrogens with one attached hydrogen (secondary N) is 1. The first-order valence-electron chi connectivity index (χ1n) is 4.37. The molecule has 1 rings (SSSR count). The van der Waals surface area contributed by atoms with Crippen molar-refractivity contribution < 1.29 is 0 Å². The third kappa shape index (κ3) is 4.09. The van der Waals surface area contributed by atoms with E-state index in [0.717, 1.165) is 29.4 Å². The predicted molar refractivity (Wildman–Crippen MR) is 66.6 cm³/mol. The first-order valence-corrected chi connectivity index (χ1v) is 6.52. The molecule has 0 unspecified atom stereocenters. The summed E-state index contributed by atoms with van der Waals surface area (Å²) in [5, 5.41) is 4.73. The van der Waals surface area contributed by atoms with Gasteiger partial charge in [-0.05, 0) is 24.0 Å². The minimum atomic E-state index is 0.683. The maximum atomic E-state index is 6.01. The van der Waals surface area contributed by atoms with E-state index in [0.29, 0.717) is 5.02 Å². The van der Waals surface area contributed by atoms with Crippen LogP contribution in [0.3, 0.4) is 0 Å². The van der Waals surface area contributed by atoms with Gasteiger partial charge in [-0.15, -0.1) is 0 Å². The van der Waals surface area contributed by atoms with Crippen LogP contribution in [0, 0.1) is 0 Å². The highest BCUT2D eigenvalue weighted by atomic mass is 35.5. The molecule has 1 N–H and O–H groups in total. The molecule has 14 heavy (non-hydrogen) atoms. The van der Waals surface area contributed by atoms with Crippen LogP contribution < -0.4 is 5.32 Å². The SMILES string of the molecule is CSCCNCc1ccc(Cl)cc1Cl. The third-order valence-electron chi connectivity index (χ3n) is 1.81. The maximum Gasteiger partial charge on any atom is 0.0465 e. The molecule has 0 heterocycles. The summed E-state index contributed by atoms with van der Waals surface area (Å²) in [4.78, 5) is 0. The lowest BCUT2D eigenvalue weighted by Gasteiger charge is -2.06. The Morgan fingerprint density at radius 3 is 2.79 bits per heavy atom. The first-order chi connectivity index (χ1) is 6.74. The van der Waals surface area contributed by atoms with E-state index in [2.05, 4.69) is 11.6 Å². The Labute approximate surface area is 99.2 Å². The summed E-state index contributed by atoms with van der Waals surface area (Å²) in [5.41, 5.74) is 1.09. The fourth-order valence-corrected chi connectivity index (χ4v) is 1.89. The quantitative estimate of drug-likeness (QED) is 0.803. The van der Waals surface area contributed by atoms with Crippen LogP contribution in [0.5, 0.6) is 0 Å². The minimum absolute atomic E-state index is 0.683. The molecule has 0 bridgehead atoms. The van der Waals surface area contributed by atoms with E-state index in [-0.39, 0.29) is 0 Å². The summed E-state index contributed by atoms with van der Waals surface area (Å²) in [6.07, 6.45) is 2.09. The molecule has 0 amide bonds. The average molecular weight is 250 g/mol. The molecule has 0 aliphatic rings. The molecule has 0 aliphatic carbocycles. The summed E-state index contributed by atoms with van der Waals surface area (Å²) < 4.78 is 0. The Balaban J connectivity index is 2.42. The van der Waals surface area contributed by atoms with Crippen LogP contribution >= 0.6 is 35.0 Å². The van der Waals surface area contributed by atoms with Gasteiger partial charge in [-0.1, -0.05) is 29.3 Å². The molecular formula is C10H13Cl2NS. The van der Waals surface area contributed by atoms with Crippen molar-refractivity contribution in [2.24, 2.45) is 0 Å². The summed E-state index contributed by atoms with van der Waals surface area (Å²) >= 11 is 13.6. The molecule has 4 heteroatoms. The lowest BCUT2D eigenvalue weighted by atomic mass is 10.2. The molecular weight excluding hydrogens is 237 g/mol. The van der Waals surface area contributed by atoms with Gasteiger partial charge in [-0.3, -0.25) is 0 Å². The molecule has 0 aliphatic heterocycles. The Kier molecular flexibility index (Phi) is 5.71. The van der Waals surface area contributed by atoms with Gasteiger partial charge in [0.2, 0.25) is 0 Å². The van der Waals surface area contributed by atoms with Gasteiger partial charge in [0.25, 0.3) is 0 Å². The van der Waals surface area contributed by atoms with Crippen LogP contribution in [-0.4, -0.2) is 18.6 Å². The van der Waals surface area contributed by atoms with Crippen molar-refractivity contribution in [2.75, 3.05) is 18.6 Å². The van der Waals surface area contributed by atoms with Gasteiger partial charge in [0.15, 0.2) is 0 Å². The van der Waals surface area contributed by atoms with E-state index in [1.807, 2.05) is 23.9 Å². The lowest BCUT2D eigenvalue weighted by molar-refractivity contribution is 0.732. The van der Waals surface area contributed by atoms with Gasteiger partial charge in [-0.25, -0.2) is 0 Å². The monoisotopic (exact) mass is 249 g/mol. The number of hydrogen-bond donors (Lipinski definition) is 1. The van der Waals surface area contributed by atoms with Crippen molar-refractivity contribution in [1.82, 2.24) is 5.32 Å². The second kappa shape index (κ2) is 6.57. The van der Waals surface area contributed by atoms with Crippen LogP contribution in [0.1, 0.15) is 5.56 Å². The number of hydrogen-bond acceptors (Lipinski definition) is 2. The summed E-state index contributed by atoms with van der Waals surface area (Å²) in [6, 6.07) is 5.59. The van der Waals surface area contributed by atoms with Gasteiger partial charge in [-0.2, -0.15) is 11.8 Å². The molecule has 1 aromatic carbocycles. The molecule has 78 valence electrons. The zero-order chi connectivity index (χ0) is 10.4. The second-order valence-corrected chi connectivity index (χ2v) is 4.73. The summed E-state index contributed by atoms with van der Waals surface area (Å²) in [6.45, 7) is 1.80. The Morgan fingerprint density at radius 2 is 2.14 bits per heavy atom. The number of halogens is 2. The predicted octanol–water partition coefficient (Wildman–Crippen LogP) is 3.45. The number of benzene rings is 1. The van der Waals surface area contributed by atoms with Crippen molar-refractivity contribution in [2.45, 2.75) is 6.54 Å². The van der Waals surface area contributed by atoms with Gasteiger partial charge >= 0.3 is 0 Å². The van der Waals surface area contributed by atoms with Crippen LogP contribution in [0.2, 0.25) is 10.0 Å². The minimum Gasteiger partial charge on any atom is -0.312 e. The highest BCUT2D eigenvalue weighted by Crippen LogP contribution is 2.20. The van der Waals surface area contributed by atoms with Gasteiger partial charge in [0.1, 0.15) is 0 Å². The van der Waals surface area contributed by atoms with Crippen LogP contribution in [-0.2, 0) is 6.54 Å². The zero-order valence-corrected chi connectivity index (χ0v) is 10.3. The largest absolute Gasteiger partial charge is 0.312 e. The normalized spacial score (nSPS) is 10.5. The maximum absolute atomic E-state index is 6.01. The van der Waals surface area contributed by atoms with Crippen molar-refractivity contribution in [3.05, 3.63) is 33.8 Å². The van der Waals surface area contributed by atoms with Crippen molar-refractivity contribution >= 4 is 35.0 Å². The van der Waals surface area contributed by atoms with Crippen molar-refractivity contribution in [3.63, 3.8) is 0 Å². The van der Waals surface area contributed by atoms with Crippen LogP contribution in [0.25, 0.3) is 0 Å². The highest BCUT2D eigenvalue weighted by Gasteiger charge is 1.99. The van der Waals surface area contributed by atoms with Crippen LogP contribution in [0.4, 0.5) is 0 Å². The number of thioether (sulfide) groups is 1. The van der Waals surface area contributed by atoms with E-state index in [1.54, 1.807) is 6.07 Å². The van der Waals surface area contributed by atoms with E-state index in [4.69, 9.17) is 23.2 Å². The molecule has 0 spiro atoms. The van der Waals surface area contributed by atoms with Crippen LogP contribution in [0.15, 0.2) is 18.2 Å². The van der Waals surface area contributed by atoms with E-state index in [1.165, 1.54) is 0 Å². The van der Waals surface area contributed by atoms with E-state index < -0.39 is 0 Å². The smallest absolute Gasteiger partial charge is 0.0465 e. The van der Waals surface area contributed by atoms with E-state index in [9.17, 15) is 0 Å². The molecule has 0 radical (unpaired) electrons. The molecule has 0 saturated carbocycles. The summed E-state index contributed by atoms with van der Waals surface area (Å²) in [7, 11) is 0. The lowest BCUT2D eigenvalue weighted by Crippen LogP contribution is -2.16. The standard InChI is InChI=1S/C10H13Cl2NS/c1-14-5-4-13-7-8-2-3-9(11)6-10(8)12/h2-3,6,13H,4-5,7H2,1H3. The van der Waals surface area contributed by atoms with Crippen molar-refractivity contribution in [1.29, 1.82) is 0 Å². The number of rotatable bonds is 5. The Hall–Kier alpha value is 0.110. The highest BCUT2D eigenvalue weighted by molar-refractivity contribution is 7.98.